The van der Waals surface area contributed by atoms with Crippen molar-refractivity contribution in [2.75, 3.05) is 31.7 Å². The molecule has 30 heavy (non-hydrogen) atoms. The van der Waals surface area contributed by atoms with Crippen LogP contribution >= 0.6 is 23.2 Å². The Labute approximate surface area is 183 Å². The lowest BCUT2D eigenvalue weighted by Crippen LogP contribution is -2.41. The molecule has 0 saturated carbocycles. The van der Waals surface area contributed by atoms with Gasteiger partial charge in [0.05, 0.1) is 31.0 Å². The second-order valence-corrected chi connectivity index (χ2v) is 7.73. The minimum absolute atomic E-state index is 0.141. The van der Waals surface area contributed by atoms with Crippen molar-refractivity contribution in [3.63, 3.8) is 0 Å². The molecule has 1 unspecified atom stereocenters. The van der Waals surface area contributed by atoms with E-state index in [-0.39, 0.29) is 11.7 Å². The number of methoxy groups -OCH3 is 1. The number of morpholine rings is 1. The number of pyridine rings is 1. The molecule has 3 aromatic rings. The Morgan fingerprint density at radius 2 is 1.97 bits per heavy atom. The minimum Gasteiger partial charge on any atom is -0.495 e. The molecule has 1 fully saturated rings. The molecule has 2 aromatic heterocycles. The van der Waals surface area contributed by atoms with Crippen molar-refractivity contribution in [2.45, 2.75) is 6.10 Å². The van der Waals surface area contributed by atoms with Crippen molar-refractivity contribution in [1.82, 2.24) is 14.5 Å². The zero-order valence-electron chi connectivity index (χ0n) is 16.5. The number of halogens is 2. The number of anilines is 1. The summed E-state index contributed by atoms with van der Waals surface area (Å²) in [6.45, 7) is 1.51. The fourth-order valence-corrected chi connectivity index (χ4v) is 4.12. The highest BCUT2D eigenvalue weighted by molar-refractivity contribution is 6.35. The summed E-state index contributed by atoms with van der Waals surface area (Å²) in [5.74, 6) is 1.09. The third-order valence-electron chi connectivity index (χ3n) is 5.02. The number of aromatic nitrogens is 3. The first-order chi connectivity index (χ1) is 14.5. The van der Waals surface area contributed by atoms with Crippen LogP contribution in [0.3, 0.4) is 0 Å². The Bertz CT molecular complexity index is 1120. The molecule has 1 atom stereocenters. The SMILES string of the molecule is COc1c(Cl)cc(Cl)cc1C1CN(c2nc(-c3ccncc3)cc(=O)n2C)CCO1. The van der Waals surface area contributed by atoms with Crippen LogP contribution in [0.5, 0.6) is 5.75 Å². The number of hydrogen-bond donors (Lipinski definition) is 0. The van der Waals surface area contributed by atoms with Crippen LogP contribution in [0.15, 0.2) is 47.5 Å². The fraction of sp³-hybridized carbons (Fsp3) is 0.286. The monoisotopic (exact) mass is 446 g/mol. The highest BCUT2D eigenvalue weighted by Gasteiger charge is 2.28. The highest BCUT2D eigenvalue weighted by atomic mass is 35.5. The molecule has 1 aromatic carbocycles. The number of ether oxygens (including phenoxy) is 2. The first kappa shape index (κ1) is 20.7. The van der Waals surface area contributed by atoms with Crippen molar-refractivity contribution >= 4 is 29.2 Å². The van der Waals surface area contributed by atoms with Gasteiger partial charge in [0.25, 0.3) is 5.56 Å². The topological polar surface area (TPSA) is 69.5 Å². The van der Waals surface area contributed by atoms with Gasteiger partial charge in [-0.3, -0.25) is 14.3 Å². The van der Waals surface area contributed by atoms with E-state index in [0.29, 0.717) is 47.1 Å². The molecule has 7 nitrogen and oxygen atoms in total. The van der Waals surface area contributed by atoms with Gasteiger partial charge in [-0.2, -0.15) is 0 Å². The van der Waals surface area contributed by atoms with E-state index in [1.54, 1.807) is 38.7 Å². The highest BCUT2D eigenvalue weighted by Crippen LogP contribution is 2.38. The van der Waals surface area contributed by atoms with Crippen LogP contribution in [0.1, 0.15) is 11.7 Å². The lowest BCUT2D eigenvalue weighted by Gasteiger charge is -2.35. The quantitative estimate of drug-likeness (QED) is 0.607. The summed E-state index contributed by atoms with van der Waals surface area (Å²) in [5.41, 5.74) is 2.05. The first-order valence-corrected chi connectivity index (χ1v) is 10.1. The van der Waals surface area contributed by atoms with Gasteiger partial charge in [-0.05, 0) is 24.3 Å². The second-order valence-electron chi connectivity index (χ2n) is 6.89. The average molecular weight is 447 g/mol. The summed E-state index contributed by atoms with van der Waals surface area (Å²) < 4.78 is 13.0. The smallest absolute Gasteiger partial charge is 0.255 e. The molecular weight excluding hydrogens is 427 g/mol. The lowest BCUT2D eigenvalue weighted by molar-refractivity contribution is 0.0374. The molecule has 0 spiro atoms. The lowest BCUT2D eigenvalue weighted by atomic mass is 10.1. The van der Waals surface area contributed by atoms with Crippen LogP contribution in [0, 0.1) is 0 Å². The van der Waals surface area contributed by atoms with E-state index in [9.17, 15) is 4.79 Å². The molecule has 9 heteroatoms. The molecule has 0 aliphatic carbocycles. The summed E-state index contributed by atoms with van der Waals surface area (Å²) in [4.78, 5) is 23.4. The van der Waals surface area contributed by atoms with Gasteiger partial charge >= 0.3 is 0 Å². The van der Waals surface area contributed by atoms with E-state index in [0.717, 1.165) is 11.1 Å². The largest absolute Gasteiger partial charge is 0.495 e. The number of rotatable bonds is 4. The number of benzene rings is 1. The molecule has 156 valence electrons. The Hall–Kier alpha value is -2.61. The molecule has 0 radical (unpaired) electrons. The van der Waals surface area contributed by atoms with E-state index < -0.39 is 0 Å². The van der Waals surface area contributed by atoms with Crippen molar-refractivity contribution in [1.29, 1.82) is 0 Å². The predicted octanol–water partition coefficient (Wildman–Crippen LogP) is 3.74. The van der Waals surface area contributed by atoms with Gasteiger partial charge in [0, 0.05) is 48.2 Å². The Kier molecular flexibility index (Phi) is 5.94. The van der Waals surface area contributed by atoms with Crippen molar-refractivity contribution in [3.8, 4) is 17.0 Å². The van der Waals surface area contributed by atoms with Crippen LogP contribution < -0.4 is 15.2 Å². The number of hydrogen-bond acceptors (Lipinski definition) is 6. The van der Waals surface area contributed by atoms with Gasteiger partial charge in [-0.1, -0.05) is 23.2 Å². The molecule has 1 aliphatic rings. The van der Waals surface area contributed by atoms with Gasteiger partial charge in [-0.25, -0.2) is 4.98 Å². The summed E-state index contributed by atoms with van der Waals surface area (Å²) in [6.07, 6.45) is 3.01. The average Bonchev–Trinajstić information content (AvgIpc) is 2.76. The third-order valence-corrected chi connectivity index (χ3v) is 5.52. The van der Waals surface area contributed by atoms with Crippen molar-refractivity contribution < 1.29 is 9.47 Å². The van der Waals surface area contributed by atoms with Crippen LogP contribution in [-0.4, -0.2) is 41.3 Å². The van der Waals surface area contributed by atoms with Crippen LogP contribution in [0.2, 0.25) is 10.0 Å². The molecule has 1 saturated heterocycles. The van der Waals surface area contributed by atoms with Crippen LogP contribution in [0.25, 0.3) is 11.3 Å². The summed E-state index contributed by atoms with van der Waals surface area (Å²) in [5, 5.41) is 0.924. The minimum atomic E-state index is -0.341. The van der Waals surface area contributed by atoms with Gasteiger partial charge in [0.1, 0.15) is 11.9 Å². The standard InChI is InChI=1S/C21H20Cl2N4O3/c1-26-19(28)11-17(13-3-5-24-6-4-13)25-21(26)27-7-8-30-18(12-27)15-9-14(22)10-16(23)20(15)29-2/h3-6,9-11,18H,7-8,12H2,1-2H3. The van der Waals surface area contributed by atoms with Crippen molar-refractivity contribution in [2.24, 2.45) is 7.05 Å². The first-order valence-electron chi connectivity index (χ1n) is 9.36. The van der Waals surface area contributed by atoms with E-state index in [2.05, 4.69) is 4.98 Å². The van der Waals surface area contributed by atoms with E-state index >= 15 is 0 Å². The molecule has 3 heterocycles. The van der Waals surface area contributed by atoms with Crippen LogP contribution in [0.4, 0.5) is 5.95 Å². The Balaban J connectivity index is 1.71. The zero-order chi connectivity index (χ0) is 21.3. The second kappa shape index (κ2) is 8.63. The predicted molar refractivity (Wildman–Crippen MR) is 117 cm³/mol. The molecule has 4 rings (SSSR count). The van der Waals surface area contributed by atoms with Crippen molar-refractivity contribution in [3.05, 3.63) is 68.7 Å². The van der Waals surface area contributed by atoms with E-state index in [4.69, 9.17) is 37.7 Å². The van der Waals surface area contributed by atoms with E-state index in [1.807, 2.05) is 17.0 Å². The maximum atomic E-state index is 12.6. The van der Waals surface area contributed by atoms with Gasteiger partial charge in [0.2, 0.25) is 5.95 Å². The number of nitrogens with zero attached hydrogens (tertiary/aromatic N) is 4. The fourth-order valence-electron chi connectivity index (χ4n) is 3.53. The Morgan fingerprint density at radius 1 is 1.20 bits per heavy atom. The maximum absolute atomic E-state index is 12.6. The summed E-state index contributed by atoms with van der Waals surface area (Å²) in [6, 6.07) is 8.60. The Morgan fingerprint density at radius 3 is 2.70 bits per heavy atom. The molecular formula is C21H20Cl2N4O3. The summed E-state index contributed by atoms with van der Waals surface area (Å²) >= 11 is 12.5. The summed E-state index contributed by atoms with van der Waals surface area (Å²) in [7, 11) is 3.27. The van der Waals surface area contributed by atoms with E-state index in [1.165, 1.54) is 10.6 Å². The normalized spacial score (nSPS) is 16.5. The molecule has 0 amide bonds. The molecule has 0 N–H and O–H groups in total. The van der Waals surface area contributed by atoms with Gasteiger partial charge in [-0.15, -0.1) is 0 Å². The zero-order valence-corrected chi connectivity index (χ0v) is 18.0. The van der Waals surface area contributed by atoms with Crippen LogP contribution in [-0.2, 0) is 11.8 Å². The third kappa shape index (κ3) is 4.01. The van der Waals surface area contributed by atoms with Gasteiger partial charge < -0.3 is 14.4 Å². The molecule has 1 aliphatic heterocycles. The molecule has 0 bridgehead atoms. The van der Waals surface area contributed by atoms with Gasteiger partial charge in [0.15, 0.2) is 0 Å². The maximum Gasteiger partial charge on any atom is 0.255 e.